The summed E-state index contributed by atoms with van der Waals surface area (Å²) in [4.78, 5) is 22.5. The molecule has 21 heavy (non-hydrogen) atoms. The van der Waals surface area contributed by atoms with E-state index in [1.54, 1.807) is 0 Å². The molecule has 0 atom stereocenters. The van der Waals surface area contributed by atoms with Gasteiger partial charge < -0.3 is 15.7 Å². The fourth-order valence-electron chi connectivity index (χ4n) is 1.59. The third-order valence-electron chi connectivity index (χ3n) is 2.58. The van der Waals surface area contributed by atoms with Crippen LogP contribution in [0.2, 0.25) is 0 Å². The summed E-state index contributed by atoms with van der Waals surface area (Å²) in [6.45, 7) is 0. The lowest BCUT2D eigenvalue weighted by Gasteiger charge is -2.09. The van der Waals surface area contributed by atoms with Crippen LogP contribution in [0.25, 0.3) is 0 Å². The molecule has 0 aliphatic carbocycles. The zero-order valence-electron chi connectivity index (χ0n) is 10.6. The average molecular weight is 292 g/mol. The molecule has 2 amide bonds. The Kier molecular flexibility index (Phi) is 4.13. The maximum absolute atomic E-state index is 13.5. The van der Waals surface area contributed by atoms with E-state index in [1.807, 2.05) is 0 Å². The van der Waals surface area contributed by atoms with Crippen LogP contribution in [0.3, 0.4) is 0 Å². The maximum Gasteiger partial charge on any atom is 0.335 e. The predicted molar refractivity (Wildman–Crippen MR) is 72.4 cm³/mol. The number of carbonyl (C=O) groups excluding carboxylic acids is 1. The minimum Gasteiger partial charge on any atom is -0.478 e. The summed E-state index contributed by atoms with van der Waals surface area (Å²) in [7, 11) is 0. The van der Waals surface area contributed by atoms with Crippen molar-refractivity contribution in [2.24, 2.45) is 0 Å². The quantitative estimate of drug-likeness (QED) is 0.812. The van der Waals surface area contributed by atoms with Gasteiger partial charge in [0, 0.05) is 0 Å². The van der Waals surface area contributed by atoms with Crippen molar-refractivity contribution in [2.75, 3.05) is 10.6 Å². The number of carboxylic acids is 1. The van der Waals surface area contributed by atoms with Crippen molar-refractivity contribution in [1.82, 2.24) is 0 Å². The molecule has 0 saturated heterocycles. The van der Waals surface area contributed by atoms with Crippen molar-refractivity contribution in [3.8, 4) is 0 Å². The largest absolute Gasteiger partial charge is 0.478 e. The van der Waals surface area contributed by atoms with E-state index in [2.05, 4.69) is 10.6 Å². The second-order valence-corrected chi connectivity index (χ2v) is 4.06. The molecular weight excluding hydrogens is 282 g/mol. The summed E-state index contributed by atoms with van der Waals surface area (Å²) in [5.41, 5.74) is -0.578. The van der Waals surface area contributed by atoms with Crippen molar-refractivity contribution < 1.29 is 23.5 Å². The van der Waals surface area contributed by atoms with E-state index >= 15 is 0 Å². The zero-order valence-corrected chi connectivity index (χ0v) is 10.6. The molecule has 0 fully saturated rings. The van der Waals surface area contributed by atoms with Gasteiger partial charge in [0.2, 0.25) is 0 Å². The van der Waals surface area contributed by atoms with Crippen molar-refractivity contribution in [3.05, 3.63) is 59.7 Å². The molecule has 0 unspecified atom stereocenters. The number of halogens is 2. The van der Waals surface area contributed by atoms with Gasteiger partial charge in [0.05, 0.1) is 16.9 Å². The van der Waals surface area contributed by atoms with Gasteiger partial charge in [0.25, 0.3) is 0 Å². The molecule has 0 spiro atoms. The molecule has 0 bridgehead atoms. The van der Waals surface area contributed by atoms with Crippen molar-refractivity contribution in [3.63, 3.8) is 0 Å². The van der Waals surface area contributed by atoms with Gasteiger partial charge >= 0.3 is 12.0 Å². The summed E-state index contributed by atoms with van der Waals surface area (Å²) in [5, 5.41) is 13.1. The molecular formula is C14H10F2N2O3. The minimum absolute atomic E-state index is 0.0789. The molecule has 5 nitrogen and oxygen atoms in total. The van der Waals surface area contributed by atoms with Gasteiger partial charge in [-0.1, -0.05) is 12.1 Å². The molecule has 7 heteroatoms. The van der Waals surface area contributed by atoms with Gasteiger partial charge in [0.15, 0.2) is 0 Å². The van der Waals surface area contributed by atoms with Crippen LogP contribution in [-0.4, -0.2) is 17.1 Å². The number of rotatable bonds is 3. The van der Waals surface area contributed by atoms with Gasteiger partial charge in [-0.05, 0) is 30.3 Å². The second-order valence-electron chi connectivity index (χ2n) is 4.06. The van der Waals surface area contributed by atoms with Crippen molar-refractivity contribution in [2.45, 2.75) is 0 Å². The Morgan fingerprint density at radius 2 is 1.52 bits per heavy atom. The lowest BCUT2D eigenvalue weighted by molar-refractivity contribution is 0.0697. The monoisotopic (exact) mass is 292 g/mol. The molecule has 0 heterocycles. The van der Waals surface area contributed by atoms with E-state index in [4.69, 9.17) is 5.11 Å². The Balaban J connectivity index is 2.15. The maximum atomic E-state index is 13.5. The highest BCUT2D eigenvalue weighted by molar-refractivity contribution is 6.00. The number of hydrogen-bond donors (Lipinski definition) is 3. The van der Waals surface area contributed by atoms with Crippen LogP contribution in [0.4, 0.5) is 25.0 Å². The first-order valence-corrected chi connectivity index (χ1v) is 5.83. The number of urea groups is 1. The molecule has 3 N–H and O–H groups in total. The topological polar surface area (TPSA) is 78.4 Å². The Labute approximate surface area is 118 Å². The minimum atomic E-state index is -1.26. The number of nitrogens with one attached hydrogen (secondary N) is 2. The Morgan fingerprint density at radius 3 is 2.19 bits per heavy atom. The summed E-state index contributed by atoms with van der Waals surface area (Å²) < 4.78 is 26.8. The third-order valence-corrected chi connectivity index (χ3v) is 2.58. The number of benzene rings is 2. The van der Waals surface area contributed by atoms with Crippen molar-refractivity contribution >= 4 is 23.4 Å². The molecule has 0 radical (unpaired) electrons. The first-order valence-electron chi connectivity index (χ1n) is 5.83. The van der Waals surface area contributed by atoms with Gasteiger partial charge in [-0.2, -0.15) is 0 Å². The number of aromatic carboxylic acids is 1. The van der Waals surface area contributed by atoms with E-state index in [9.17, 15) is 18.4 Å². The average Bonchev–Trinajstić information content (AvgIpc) is 2.43. The number of carbonyl (C=O) groups is 2. The second kappa shape index (κ2) is 6.00. The lowest BCUT2D eigenvalue weighted by atomic mass is 10.2. The zero-order chi connectivity index (χ0) is 15.4. The molecule has 2 rings (SSSR count). The van der Waals surface area contributed by atoms with Gasteiger partial charge in [-0.15, -0.1) is 0 Å². The van der Waals surface area contributed by atoms with Crippen LogP contribution in [-0.2, 0) is 0 Å². The van der Waals surface area contributed by atoms with Gasteiger partial charge in [-0.25, -0.2) is 18.4 Å². The molecule has 2 aromatic carbocycles. The summed E-state index contributed by atoms with van der Waals surface area (Å²) in [6, 6.07) is 7.53. The first-order chi connectivity index (χ1) is 9.97. The van der Waals surface area contributed by atoms with Crippen LogP contribution >= 0.6 is 0 Å². The van der Waals surface area contributed by atoms with E-state index in [1.165, 1.54) is 18.2 Å². The number of para-hydroxylation sites is 1. The fraction of sp³-hybridized carbons (Fsp3) is 0. The normalized spacial score (nSPS) is 10.0. The molecule has 0 saturated carbocycles. The first kappa shape index (κ1) is 14.4. The number of carboxylic acid groups (broad SMARTS) is 1. The number of hydrogen-bond acceptors (Lipinski definition) is 2. The highest BCUT2D eigenvalue weighted by Crippen LogP contribution is 2.18. The van der Waals surface area contributed by atoms with Crippen LogP contribution in [0.1, 0.15) is 10.4 Å². The van der Waals surface area contributed by atoms with Gasteiger partial charge in [0.1, 0.15) is 11.6 Å². The van der Waals surface area contributed by atoms with Crippen molar-refractivity contribution in [1.29, 1.82) is 0 Å². The lowest BCUT2D eigenvalue weighted by Crippen LogP contribution is -2.21. The Bertz CT molecular complexity index is 704. The van der Waals surface area contributed by atoms with E-state index in [0.29, 0.717) is 0 Å². The molecule has 0 aromatic heterocycles. The molecule has 2 aromatic rings. The van der Waals surface area contributed by atoms with Crippen LogP contribution in [0.5, 0.6) is 0 Å². The smallest absolute Gasteiger partial charge is 0.335 e. The highest BCUT2D eigenvalue weighted by atomic mass is 19.1. The molecule has 108 valence electrons. The predicted octanol–water partition coefficient (Wildman–Crippen LogP) is 3.31. The fourth-order valence-corrected chi connectivity index (χ4v) is 1.59. The van der Waals surface area contributed by atoms with Crippen LogP contribution in [0.15, 0.2) is 42.5 Å². The van der Waals surface area contributed by atoms with E-state index in [0.717, 1.165) is 24.3 Å². The SMILES string of the molecule is O=C(Nc1ccccc1F)Nc1cc(C(=O)O)ccc1F. The summed E-state index contributed by atoms with van der Waals surface area (Å²) in [6.07, 6.45) is 0. The van der Waals surface area contributed by atoms with Gasteiger partial charge in [-0.3, -0.25) is 0 Å². The van der Waals surface area contributed by atoms with Crippen LogP contribution < -0.4 is 10.6 Å². The van der Waals surface area contributed by atoms with E-state index in [-0.39, 0.29) is 16.9 Å². The third kappa shape index (κ3) is 3.53. The van der Waals surface area contributed by atoms with E-state index < -0.39 is 23.6 Å². The Hall–Kier alpha value is -2.96. The number of amides is 2. The van der Waals surface area contributed by atoms with Crippen LogP contribution in [0, 0.1) is 11.6 Å². The Morgan fingerprint density at radius 1 is 0.905 bits per heavy atom. The summed E-state index contributed by atoms with van der Waals surface area (Å²) in [5.74, 6) is -2.70. The standard InChI is InChI=1S/C14H10F2N2O3/c15-9-3-1-2-4-11(9)17-14(21)18-12-7-8(13(19)20)5-6-10(12)16/h1-7H,(H,19,20)(H2,17,18,21). The summed E-state index contributed by atoms with van der Waals surface area (Å²) >= 11 is 0. The highest BCUT2D eigenvalue weighted by Gasteiger charge is 2.12. The molecule has 0 aliphatic rings. The molecule has 0 aliphatic heterocycles. The number of anilines is 2.